The number of allylic oxidation sites excluding steroid dienone is 1. The second-order valence-electron chi connectivity index (χ2n) is 9.52. The summed E-state index contributed by atoms with van der Waals surface area (Å²) >= 11 is 0. The van der Waals surface area contributed by atoms with Crippen LogP contribution in [0.3, 0.4) is 0 Å². The molecule has 13 atom stereocenters. The largest absolute Gasteiger partial charge is 0.471 e. The van der Waals surface area contributed by atoms with Gasteiger partial charge in [0.2, 0.25) is 6.29 Å². The second kappa shape index (κ2) is 12.2. The Morgan fingerprint density at radius 3 is 2.13 bits per heavy atom. The molecule has 8 N–H and O–H groups in total. The molecule has 2 saturated heterocycles. The fraction of sp³-hybridized carbons (Fsp3) is 0.783. The topological polar surface area (TPSA) is 234 Å². The zero-order valence-electron chi connectivity index (χ0n) is 20.4. The molecular formula is C23H34O15. The fourth-order valence-electron chi connectivity index (χ4n) is 5.22. The Bertz CT molecular complexity index is 890. The maximum Gasteiger partial charge on any atom is 0.337 e. The van der Waals surface area contributed by atoms with Crippen molar-refractivity contribution in [3.63, 3.8) is 0 Å². The van der Waals surface area contributed by atoms with Gasteiger partial charge in [0.15, 0.2) is 12.6 Å². The van der Waals surface area contributed by atoms with Gasteiger partial charge in [-0.3, -0.25) is 0 Å². The third-order valence-electron chi connectivity index (χ3n) is 7.35. The van der Waals surface area contributed by atoms with Crippen LogP contribution in [0.25, 0.3) is 0 Å². The molecule has 2 fully saturated rings. The number of rotatable bonds is 8. The lowest BCUT2D eigenvalue weighted by molar-refractivity contribution is -0.373. The average Bonchev–Trinajstić information content (AvgIpc) is 3.37. The van der Waals surface area contributed by atoms with Crippen LogP contribution >= 0.6 is 0 Å². The first-order valence-corrected chi connectivity index (χ1v) is 12.1. The first kappa shape index (κ1) is 29.3. The van der Waals surface area contributed by atoms with Gasteiger partial charge in [-0.15, -0.1) is 0 Å². The molecule has 0 bridgehead atoms. The number of fused-ring (bicyclic) bond motifs is 1. The van der Waals surface area contributed by atoms with Crippen molar-refractivity contribution in [1.82, 2.24) is 0 Å². The van der Waals surface area contributed by atoms with E-state index in [0.29, 0.717) is 12.0 Å². The zero-order chi connectivity index (χ0) is 27.7. The summed E-state index contributed by atoms with van der Waals surface area (Å²) in [6.07, 6.45) is -13.9. The molecular weight excluding hydrogens is 516 g/mol. The van der Waals surface area contributed by atoms with E-state index in [2.05, 4.69) is 0 Å². The summed E-state index contributed by atoms with van der Waals surface area (Å²) in [7, 11) is 1.22. The van der Waals surface area contributed by atoms with E-state index >= 15 is 0 Å². The van der Waals surface area contributed by atoms with E-state index < -0.39 is 98.7 Å². The predicted molar refractivity (Wildman–Crippen MR) is 119 cm³/mol. The van der Waals surface area contributed by atoms with Gasteiger partial charge in [-0.25, -0.2) is 4.79 Å². The molecule has 0 aromatic carbocycles. The lowest BCUT2D eigenvalue weighted by Crippen LogP contribution is -2.65. The minimum atomic E-state index is -1.79. The van der Waals surface area contributed by atoms with Gasteiger partial charge in [0, 0.05) is 5.92 Å². The number of esters is 1. The van der Waals surface area contributed by atoms with Crippen molar-refractivity contribution in [1.29, 1.82) is 0 Å². The molecule has 0 aromatic heterocycles. The van der Waals surface area contributed by atoms with Crippen LogP contribution in [0.1, 0.15) is 6.42 Å². The van der Waals surface area contributed by atoms with E-state index in [-0.39, 0.29) is 12.2 Å². The molecule has 0 saturated carbocycles. The van der Waals surface area contributed by atoms with Gasteiger partial charge in [0.05, 0.1) is 44.7 Å². The maximum atomic E-state index is 12.2. The molecule has 3 aliphatic heterocycles. The number of carbonyl (C=O) groups excluding carboxylic acids is 1. The average molecular weight is 551 g/mol. The van der Waals surface area contributed by atoms with Crippen LogP contribution in [-0.4, -0.2) is 141 Å². The smallest absolute Gasteiger partial charge is 0.337 e. The lowest BCUT2D eigenvalue weighted by Gasteiger charge is -2.46. The fourth-order valence-corrected chi connectivity index (χ4v) is 5.22. The van der Waals surface area contributed by atoms with Crippen molar-refractivity contribution in [3.05, 3.63) is 23.5 Å². The molecule has 1 aliphatic carbocycles. The zero-order valence-corrected chi connectivity index (χ0v) is 20.4. The number of aliphatic hydroxyl groups excluding tert-OH is 8. The van der Waals surface area contributed by atoms with Crippen molar-refractivity contribution in [2.24, 2.45) is 11.8 Å². The van der Waals surface area contributed by atoms with E-state index in [9.17, 15) is 45.6 Å². The number of ether oxygens (including phenoxy) is 6. The third kappa shape index (κ3) is 5.34. The molecule has 216 valence electrons. The quantitative estimate of drug-likeness (QED) is 0.105. The van der Waals surface area contributed by atoms with Gasteiger partial charge in [0.1, 0.15) is 48.8 Å². The van der Waals surface area contributed by atoms with Crippen molar-refractivity contribution >= 4 is 5.97 Å². The van der Waals surface area contributed by atoms with E-state index in [0.717, 1.165) is 0 Å². The van der Waals surface area contributed by atoms with E-state index in [4.69, 9.17) is 28.4 Å². The molecule has 4 aliphatic rings. The molecule has 0 aromatic rings. The first-order valence-electron chi connectivity index (χ1n) is 12.1. The standard InChI is InChI=1S/C23H34O15/c1-33-20(32)10-7-34-21(13-8(4-24)2-3-9(10)13)38-23-18(31)16(29)19(12(6-26)36-23)37-22-17(30)15(28)14(27)11(5-25)35-22/h2,7,9,11-19,21-31H,3-6H2,1H3/t9-,11-,12-,13-,14-,15+,16-,17-,18-,19-,21+,22+,23+/m1/s1. The minimum Gasteiger partial charge on any atom is -0.471 e. The monoisotopic (exact) mass is 550 g/mol. The Labute approximate surface area is 217 Å². The van der Waals surface area contributed by atoms with Crippen LogP contribution in [0.4, 0.5) is 0 Å². The summed E-state index contributed by atoms with van der Waals surface area (Å²) in [5.74, 6) is -1.68. The molecule has 15 nitrogen and oxygen atoms in total. The van der Waals surface area contributed by atoms with Crippen LogP contribution in [0.2, 0.25) is 0 Å². The second-order valence-corrected chi connectivity index (χ2v) is 9.52. The van der Waals surface area contributed by atoms with E-state index in [1.807, 2.05) is 0 Å². The molecule has 0 unspecified atom stereocenters. The number of carbonyl (C=O) groups is 1. The normalized spacial score (nSPS) is 45.0. The number of hydrogen-bond acceptors (Lipinski definition) is 15. The van der Waals surface area contributed by atoms with Crippen LogP contribution in [0.15, 0.2) is 23.5 Å². The Hall–Kier alpha value is -1.73. The van der Waals surface area contributed by atoms with Crippen LogP contribution < -0.4 is 0 Å². The van der Waals surface area contributed by atoms with E-state index in [1.165, 1.54) is 13.4 Å². The van der Waals surface area contributed by atoms with Gasteiger partial charge in [-0.2, -0.15) is 0 Å². The predicted octanol–water partition coefficient (Wildman–Crippen LogP) is -4.40. The first-order chi connectivity index (χ1) is 18.2. The van der Waals surface area contributed by atoms with E-state index in [1.54, 1.807) is 6.08 Å². The Morgan fingerprint density at radius 1 is 0.868 bits per heavy atom. The van der Waals surface area contributed by atoms with Gasteiger partial charge in [0.25, 0.3) is 0 Å². The van der Waals surface area contributed by atoms with Gasteiger partial charge >= 0.3 is 5.97 Å². The summed E-state index contributed by atoms with van der Waals surface area (Å²) in [6, 6.07) is 0. The highest BCUT2D eigenvalue weighted by Gasteiger charge is 2.53. The molecule has 3 heterocycles. The third-order valence-corrected chi connectivity index (χ3v) is 7.35. The summed E-state index contributed by atoms with van der Waals surface area (Å²) in [5.41, 5.74) is 0.770. The minimum absolute atomic E-state index is 0.239. The molecule has 38 heavy (non-hydrogen) atoms. The Morgan fingerprint density at radius 2 is 1.50 bits per heavy atom. The summed E-state index contributed by atoms with van der Waals surface area (Å²) in [6.45, 7) is -1.79. The number of aliphatic hydroxyl groups is 8. The van der Waals surface area contributed by atoms with Crippen LogP contribution in [0.5, 0.6) is 0 Å². The Kier molecular flexibility index (Phi) is 9.39. The highest BCUT2D eigenvalue weighted by molar-refractivity contribution is 5.89. The van der Waals surface area contributed by atoms with Crippen molar-refractivity contribution < 1.29 is 74.1 Å². The Balaban J connectivity index is 1.48. The van der Waals surface area contributed by atoms with Gasteiger partial charge in [-0.1, -0.05) is 6.08 Å². The molecule has 4 rings (SSSR count). The van der Waals surface area contributed by atoms with Crippen molar-refractivity contribution in [3.8, 4) is 0 Å². The van der Waals surface area contributed by atoms with Crippen molar-refractivity contribution in [2.75, 3.05) is 26.9 Å². The van der Waals surface area contributed by atoms with Crippen molar-refractivity contribution in [2.45, 2.75) is 74.1 Å². The lowest BCUT2D eigenvalue weighted by atomic mass is 9.83. The van der Waals surface area contributed by atoms with Gasteiger partial charge in [-0.05, 0) is 12.0 Å². The highest BCUT2D eigenvalue weighted by Crippen LogP contribution is 2.44. The molecule has 0 spiro atoms. The number of hydrogen-bond donors (Lipinski definition) is 8. The molecule has 15 heteroatoms. The molecule has 0 radical (unpaired) electrons. The molecule has 0 amide bonds. The SMILES string of the molecule is COC(=O)C1=CO[C@@H](O[C@@H]2O[C@H](CO)[C@@H](O[C@@H]3O[C@H](CO)[C@@H](O)[C@H](O)[C@H]3O)[C@H](O)[C@H]2O)[C@@H]2C(CO)=CC[C@H]12. The highest BCUT2D eigenvalue weighted by atomic mass is 16.8. The van der Waals surface area contributed by atoms with Crippen LogP contribution in [0, 0.1) is 11.8 Å². The summed E-state index contributed by atoms with van der Waals surface area (Å²) in [5, 5.41) is 80.9. The maximum absolute atomic E-state index is 12.2. The van der Waals surface area contributed by atoms with Gasteiger partial charge < -0.3 is 69.3 Å². The summed E-state index contributed by atoms with van der Waals surface area (Å²) in [4.78, 5) is 12.2. The summed E-state index contributed by atoms with van der Waals surface area (Å²) < 4.78 is 32.7. The van der Waals surface area contributed by atoms with Crippen LogP contribution in [-0.2, 0) is 33.2 Å². The number of methoxy groups -OCH3 is 1.